The van der Waals surface area contributed by atoms with Gasteiger partial charge in [0.05, 0.1) is 28.6 Å². The number of nitrogens with zero attached hydrogens (tertiary/aromatic N) is 4. The summed E-state index contributed by atoms with van der Waals surface area (Å²) < 4.78 is 5.94. The standard InChI is InChI=1S/C24H19ClN6O/c1-26-20-8-7-15(11-27-20)14-32-21-13-28-23(16-5-3-2-4-6-16)24(30-21)17-9-18-12-29-31-22(18)19(25)10-17/h2-13H,14H2,1H3,(H,26,27)(H,29,31). The van der Waals surface area contributed by atoms with E-state index in [0.717, 1.165) is 39.1 Å². The van der Waals surface area contributed by atoms with Crippen molar-refractivity contribution in [3.63, 3.8) is 0 Å². The molecule has 3 aromatic heterocycles. The number of anilines is 1. The highest BCUT2D eigenvalue weighted by molar-refractivity contribution is 6.35. The first kappa shape index (κ1) is 20.0. The molecule has 5 rings (SSSR count). The molecule has 3 heterocycles. The van der Waals surface area contributed by atoms with Crippen LogP contribution in [-0.4, -0.2) is 32.2 Å². The van der Waals surface area contributed by atoms with Crippen molar-refractivity contribution in [2.24, 2.45) is 0 Å². The van der Waals surface area contributed by atoms with Crippen LogP contribution in [0.4, 0.5) is 5.82 Å². The van der Waals surface area contributed by atoms with E-state index in [2.05, 4.69) is 25.5 Å². The Morgan fingerprint density at radius 3 is 2.59 bits per heavy atom. The molecule has 0 radical (unpaired) electrons. The van der Waals surface area contributed by atoms with E-state index in [4.69, 9.17) is 21.3 Å². The van der Waals surface area contributed by atoms with Gasteiger partial charge in [-0.1, -0.05) is 48.0 Å². The molecule has 0 spiro atoms. The number of pyridine rings is 1. The Morgan fingerprint density at radius 2 is 1.81 bits per heavy atom. The fourth-order valence-electron chi connectivity index (χ4n) is 3.42. The van der Waals surface area contributed by atoms with Crippen molar-refractivity contribution in [3.8, 4) is 28.4 Å². The van der Waals surface area contributed by atoms with Gasteiger partial charge in [-0.05, 0) is 18.2 Å². The van der Waals surface area contributed by atoms with Crippen LogP contribution in [0.2, 0.25) is 5.02 Å². The number of ether oxygens (including phenoxy) is 1. The third kappa shape index (κ3) is 3.98. The summed E-state index contributed by atoms with van der Waals surface area (Å²) in [4.78, 5) is 13.8. The third-order valence-corrected chi connectivity index (χ3v) is 5.34. The van der Waals surface area contributed by atoms with Crippen LogP contribution >= 0.6 is 11.6 Å². The van der Waals surface area contributed by atoms with Gasteiger partial charge in [0.1, 0.15) is 18.1 Å². The van der Waals surface area contributed by atoms with Crippen LogP contribution in [0.15, 0.2) is 73.2 Å². The van der Waals surface area contributed by atoms with E-state index in [1.807, 2.05) is 61.6 Å². The Hall–Kier alpha value is -3.97. The molecule has 2 N–H and O–H groups in total. The lowest BCUT2D eigenvalue weighted by Gasteiger charge is -2.12. The molecule has 2 aromatic carbocycles. The highest BCUT2D eigenvalue weighted by Crippen LogP contribution is 2.34. The van der Waals surface area contributed by atoms with Gasteiger partial charge in [-0.15, -0.1) is 0 Å². The second kappa shape index (κ2) is 8.64. The summed E-state index contributed by atoms with van der Waals surface area (Å²) in [5.74, 6) is 1.22. The Bertz CT molecular complexity index is 1370. The van der Waals surface area contributed by atoms with Crippen LogP contribution in [0.25, 0.3) is 33.4 Å². The van der Waals surface area contributed by atoms with E-state index < -0.39 is 0 Å². The number of hydrogen-bond acceptors (Lipinski definition) is 6. The van der Waals surface area contributed by atoms with Gasteiger partial charge in [0.2, 0.25) is 5.88 Å². The minimum Gasteiger partial charge on any atom is -0.472 e. The van der Waals surface area contributed by atoms with E-state index in [0.29, 0.717) is 23.2 Å². The highest BCUT2D eigenvalue weighted by atomic mass is 35.5. The minimum absolute atomic E-state index is 0.331. The predicted molar refractivity (Wildman–Crippen MR) is 126 cm³/mol. The van der Waals surface area contributed by atoms with Crippen molar-refractivity contribution in [1.29, 1.82) is 0 Å². The molecule has 8 heteroatoms. The van der Waals surface area contributed by atoms with Crippen molar-refractivity contribution >= 4 is 28.3 Å². The van der Waals surface area contributed by atoms with Crippen LogP contribution < -0.4 is 10.1 Å². The molecule has 0 saturated heterocycles. The molecule has 0 saturated carbocycles. The molecule has 0 amide bonds. The second-order valence-corrected chi connectivity index (χ2v) is 7.56. The molecule has 0 atom stereocenters. The van der Waals surface area contributed by atoms with Crippen LogP contribution in [-0.2, 0) is 6.61 Å². The normalized spacial score (nSPS) is 10.9. The fourth-order valence-corrected chi connectivity index (χ4v) is 3.69. The zero-order valence-corrected chi connectivity index (χ0v) is 18.0. The summed E-state index contributed by atoms with van der Waals surface area (Å²) >= 11 is 6.49. The topological polar surface area (TPSA) is 88.6 Å². The molecule has 0 aliphatic rings. The average Bonchev–Trinajstić information content (AvgIpc) is 3.33. The summed E-state index contributed by atoms with van der Waals surface area (Å²) in [6.07, 6.45) is 5.15. The number of fused-ring (bicyclic) bond motifs is 1. The number of H-pyrrole nitrogens is 1. The van der Waals surface area contributed by atoms with Crippen LogP contribution in [0.3, 0.4) is 0 Å². The van der Waals surface area contributed by atoms with Crippen molar-refractivity contribution in [2.45, 2.75) is 6.61 Å². The zero-order valence-electron chi connectivity index (χ0n) is 17.2. The average molecular weight is 443 g/mol. The number of aromatic nitrogens is 5. The van der Waals surface area contributed by atoms with E-state index in [1.165, 1.54) is 0 Å². The molecule has 7 nitrogen and oxygen atoms in total. The van der Waals surface area contributed by atoms with Gasteiger partial charge in [-0.25, -0.2) is 15.0 Å². The number of benzene rings is 2. The molecule has 32 heavy (non-hydrogen) atoms. The summed E-state index contributed by atoms with van der Waals surface area (Å²) in [5, 5.41) is 11.5. The number of nitrogens with one attached hydrogen (secondary N) is 2. The predicted octanol–water partition coefficient (Wildman–Crippen LogP) is 5.36. The minimum atomic E-state index is 0.331. The monoisotopic (exact) mass is 442 g/mol. The van der Waals surface area contributed by atoms with E-state index >= 15 is 0 Å². The number of aromatic amines is 1. The van der Waals surface area contributed by atoms with E-state index in [9.17, 15) is 0 Å². The highest BCUT2D eigenvalue weighted by Gasteiger charge is 2.15. The molecular weight excluding hydrogens is 424 g/mol. The molecule has 158 valence electrons. The maximum absolute atomic E-state index is 6.49. The lowest BCUT2D eigenvalue weighted by atomic mass is 10.0. The van der Waals surface area contributed by atoms with Gasteiger partial charge < -0.3 is 10.1 Å². The summed E-state index contributed by atoms with van der Waals surface area (Å²) in [6, 6.07) is 17.6. The third-order valence-electron chi connectivity index (χ3n) is 5.04. The Kier molecular flexibility index (Phi) is 5.39. The quantitative estimate of drug-likeness (QED) is 0.368. The van der Waals surface area contributed by atoms with Gasteiger partial charge >= 0.3 is 0 Å². The molecule has 0 aliphatic carbocycles. The maximum Gasteiger partial charge on any atom is 0.233 e. The van der Waals surface area contributed by atoms with Gasteiger partial charge in [0.25, 0.3) is 0 Å². The van der Waals surface area contributed by atoms with Crippen LogP contribution in [0.5, 0.6) is 5.88 Å². The van der Waals surface area contributed by atoms with Crippen LogP contribution in [0, 0.1) is 0 Å². The number of hydrogen-bond donors (Lipinski definition) is 2. The maximum atomic E-state index is 6.49. The van der Waals surface area contributed by atoms with Crippen molar-refractivity contribution in [1.82, 2.24) is 25.1 Å². The van der Waals surface area contributed by atoms with Gasteiger partial charge in [-0.2, -0.15) is 5.10 Å². The summed E-state index contributed by atoms with van der Waals surface area (Å²) in [6.45, 7) is 0.331. The molecule has 5 aromatic rings. The Labute approximate surface area is 189 Å². The van der Waals surface area contributed by atoms with E-state index in [1.54, 1.807) is 18.6 Å². The summed E-state index contributed by atoms with van der Waals surface area (Å²) in [7, 11) is 1.83. The molecule has 0 fully saturated rings. The van der Waals surface area contributed by atoms with Gasteiger partial charge in [0.15, 0.2) is 0 Å². The molecule has 0 bridgehead atoms. The van der Waals surface area contributed by atoms with E-state index in [-0.39, 0.29) is 0 Å². The fraction of sp³-hybridized carbons (Fsp3) is 0.0833. The zero-order chi connectivity index (χ0) is 21.9. The number of rotatable bonds is 6. The van der Waals surface area contributed by atoms with Crippen molar-refractivity contribution in [2.75, 3.05) is 12.4 Å². The first-order valence-electron chi connectivity index (χ1n) is 10.0. The van der Waals surface area contributed by atoms with Gasteiger partial charge in [-0.3, -0.25) is 5.10 Å². The first-order valence-corrected chi connectivity index (χ1v) is 10.4. The SMILES string of the molecule is CNc1ccc(COc2cnc(-c3ccccc3)c(-c3cc(Cl)c4[nH]ncc4c3)n2)cn1. The second-order valence-electron chi connectivity index (χ2n) is 7.15. The van der Waals surface area contributed by atoms with Crippen molar-refractivity contribution in [3.05, 3.63) is 83.8 Å². The lowest BCUT2D eigenvalue weighted by Crippen LogP contribution is -2.02. The summed E-state index contributed by atoms with van der Waals surface area (Å²) in [5.41, 5.74) is 4.94. The number of halogens is 1. The Morgan fingerprint density at radius 1 is 0.938 bits per heavy atom. The lowest BCUT2D eigenvalue weighted by molar-refractivity contribution is 0.292. The smallest absolute Gasteiger partial charge is 0.233 e. The first-order chi connectivity index (χ1) is 15.7. The largest absolute Gasteiger partial charge is 0.472 e. The molecule has 0 unspecified atom stereocenters. The van der Waals surface area contributed by atoms with Crippen LogP contribution in [0.1, 0.15) is 5.56 Å². The molecular formula is C24H19ClN6O. The Balaban J connectivity index is 1.53. The molecule has 0 aliphatic heterocycles. The van der Waals surface area contributed by atoms with Crippen molar-refractivity contribution < 1.29 is 4.74 Å². The van der Waals surface area contributed by atoms with Gasteiger partial charge in [0, 0.05) is 35.3 Å².